The van der Waals surface area contributed by atoms with E-state index in [-0.39, 0.29) is 6.61 Å². The van der Waals surface area contributed by atoms with Crippen LogP contribution in [-0.4, -0.2) is 27.9 Å². The molecule has 0 aliphatic rings. The van der Waals surface area contributed by atoms with Crippen molar-refractivity contribution in [3.05, 3.63) is 35.7 Å². The molecule has 0 aliphatic carbocycles. The van der Waals surface area contributed by atoms with Crippen LogP contribution in [0.3, 0.4) is 0 Å². The Balaban J connectivity index is 2.06. The van der Waals surface area contributed by atoms with Crippen molar-refractivity contribution in [2.24, 2.45) is 5.92 Å². The maximum absolute atomic E-state index is 11.1. The molecule has 0 bridgehead atoms. The number of ether oxygens (including phenoxy) is 2. The van der Waals surface area contributed by atoms with Gasteiger partial charge in [-0.3, -0.25) is 4.79 Å². The zero-order chi connectivity index (χ0) is 15.9. The minimum Gasteiger partial charge on any atom is -0.494 e. The molecule has 0 N–H and O–H groups in total. The van der Waals surface area contributed by atoms with E-state index in [4.69, 9.17) is 9.47 Å². The molecule has 0 saturated heterocycles. The van der Waals surface area contributed by atoms with E-state index in [9.17, 15) is 4.79 Å². The number of rotatable bonds is 8. The van der Waals surface area contributed by atoms with E-state index in [0.29, 0.717) is 42.5 Å². The van der Waals surface area contributed by atoms with Gasteiger partial charge in [-0.1, -0.05) is 19.1 Å². The van der Waals surface area contributed by atoms with E-state index in [1.54, 1.807) is 4.68 Å². The summed E-state index contributed by atoms with van der Waals surface area (Å²) in [6, 6.07) is 7.37. The lowest BCUT2D eigenvalue weighted by molar-refractivity contribution is 0.111. The first kappa shape index (κ1) is 16.0. The average Bonchev–Trinajstić information content (AvgIpc) is 2.88. The normalized spacial score (nSPS) is 10.7. The number of hydrogen-bond acceptors (Lipinski definition) is 5. The van der Waals surface area contributed by atoms with Crippen molar-refractivity contribution < 1.29 is 14.3 Å². The van der Waals surface area contributed by atoms with Crippen molar-refractivity contribution in [2.45, 2.75) is 33.9 Å². The molecule has 0 spiro atoms. The summed E-state index contributed by atoms with van der Waals surface area (Å²) in [4.78, 5) is 11.1. The zero-order valence-electron chi connectivity index (χ0n) is 13.2. The van der Waals surface area contributed by atoms with Crippen LogP contribution in [-0.2, 0) is 13.2 Å². The quantitative estimate of drug-likeness (QED) is 0.701. The van der Waals surface area contributed by atoms with Crippen LogP contribution in [0.4, 0.5) is 0 Å². The highest BCUT2D eigenvalue weighted by atomic mass is 16.5. The van der Waals surface area contributed by atoms with Crippen LogP contribution < -0.4 is 9.47 Å². The molecule has 2 aromatic rings. The summed E-state index contributed by atoms with van der Waals surface area (Å²) in [5.74, 6) is 1.91. The number of aldehydes is 1. The Kier molecular flexibility index (Phi) is 5.52. The molecule has 118 valence electrons. The molecule has 0 radical (unpaired) electrons. The Morgan fingerprint density at radius 2 is 1.82 bits per heavy atom. The first-order chi connectivity index (χ1) is 10.6. The molecular weight excluding hydrogens is 282 g/mol. The Morgan fingerprint density at radius 1 is 1.18 bits per heavy atom. The minimum atomic E-state index is 0.252. The Morgan fingerprint density at radius 3 is 2.36 bits per heavy atom. The summed E-state index contributed by atoms with van der Waals surface area (Å²) in [5.41, 5.74) is 1.02. The van der Waals surface area contributed by atoms with Crippen LogP contribution in [0, 0.1) is 5.92 Å². The van der Waals surface area contributed by atoms with Crippen LogP contribution >= 0.6 is 0 Å². The minimum absolute atomic E-state index is 0.252. The van der Waals surface area contributed by atoms with E-state index in [2.05, 4.69) is 24.2 Å². The molecule has 1 aromatic carbocycles. The molecule has 0 unspecified atom stereocenters. The fourth-order valence-corrected chi connectivity index (χ4v) is 2.03. The molecular formula is C16H21N3O3. The highest BCUT2D eigenvalue weighted by molar-refractivity contribution is 5.73. The Bertz CT molecular complexity index is 606. The van der Waals surface area contributed by atoms with Gasteiger partial charge in [0.15, 0.2) is 12.0 Å². The second-order valence-electron chi connectivity index (χ2n) is 5.31. The van der Waals surface area contributed by atoms with Gasteiger partial charge in [0.2, 0.25) is 0 Å². The lowest BCUT2D eigenvalue weighted by Crippen LogP contribution is -2.12. The highest BCUT2D eigenvalue weighted by Crippen LogP contribution is 2.19. The number of aromatic nitrogens is 3. The van der Waals surface area contributed by atoms with E-state index < -0.39 is 0 Å². The maximum Gasteiger partial charge on any atom is 0.172 e. The summed E-state index contributed by atoms with van der Waals surface area (Å²) in [6.07, 6.45) is 0.709. The molecule has 6 nitrogen and oxygen atoms in total. The van der Waals surface area contributed by atoms with E-state index in [1.165, 1.54) is 0 Å². The fourth-order valence-electron chi connectivity index (χ4n) is 2.03. The van der Waals surface area contributed by atoms with Gasteiger partial charge in [-0.25, -0.2) is 4.68 Å². The van der Waals surface area contributed by atoms with Crippen molar-refractivity contribution in [3.63, 3.8) is 0 Å². The molecule has 0 saturated carbocycles. The number of carbonyl (C=O) groups excluding carboxylic acids is 1. The smallest absolute Gasteiger partial charge is 0.172 e. The monoisotopic (exact) mass is 303 g/mol. The molecule has 0 fully saturated rings. The third-order valence-corrected chi connectivity index (χ3v) is 3.03. The molecule has 2 rings (SSSR count). The van der Waals surface area contributed by atoms with Crippen molar-refractivity contribution in [3.8, 4) is 11.5 Å². The zero-order valence-corrected chi connectivity index (χ0v) is 13.2. The van der Waals surface area contributed by atoms with Gasteiger partial charge in [0.25, 0.3) is 0 Å². The van der Waals surface area contributed by atoms with Gasteiger partial charge in [0, 0.05) is 6.54 Å². The van der Waals surface area contributed by atoms with Gasteiger partial charge in [0.1, 0.15) is 23.8 Å². The fraction of sp³-hybridized carbons (Fsp3) is 0.438. The van der Waals surface area contributed by atoms with Crippen molar-refractivity contribution in [1.82, 2.24) is 15.0 Å². The van der Waals surface area contributed by atoms with Gasteiger partial charge in [-0.2, -0.15) is 0 Å². The molecule has 0 amide bonds. The summed E-state index contributed by atoms with van der Waals surface area (Å²) >= 11 is 0. The van der Waals surface area contributed by atoms with Crippen molar-refractivity contribution in [2.75, 3.05) is 6.61 Å². The number of hydrogen-bond donors (Lipinski definition) is 0. The first-order valence-electron chi connectivity index (χ1n) is 7.37. The van der Waals surface area contributed by atoms with Crippen LogP contribution in [0.25, 0.3) is 0 Å². The lowest BCUT2D eigenvalue weighted by Gasteiger charge is -2.11. The van der Waals surface area contributed by atoms with Gasteiger partial charge < -0.3 is 9.47 Å². The average molecular weight is 303 g/mol. The van der Waals surface area contributed by atoms with Crippen LogP contribution in [0.1, 0.15) is 37.0 Å². The summed E-state index contributed by atoms with van der Waals surface area (Å²) < 4.78 is 12.8. The topological polar surface area (TPSA) is 66.2 Å². The predicted octanol–water partition coefficient (Wildman–Crippen LogP) is 2.72. The lowest BCUT2D eigenvalue weighted by atomic mass is 10.2. The van der Waals surface area contributed by atoms with Crippen LogP contribution in [0.5, 0.6) is 11.5 Å². The number of benzene rings is 1. The third-order valence-electron chi connectivity index (χ3n) is 3.03. The Labute approximate surface area is 130 Å². The summed E-state index contributed by atoms with van der Waals surface area (Å²) in [6.45, 7) is 7.68. The molecule has 0 aliphatic heterocycles. The second kappa shape index (κ2) is 7.59. The van der Waals surface area contributed by atoms with Crippen LogP contribution in [0.2, 0.25) is 0 Å². The van der Waals surface area contributed by atoms with Gasteiger partial charge in [-0.15, -0.1) is 5.10 Å². The van der Waals surface area contributed by atoms with E-state index in [1.807, 2.05) is 31.2 Å². The van der Waals surface area contributed by atoms with Crippen molar-refractivity contribution in [1.29, 1.82) is 0 Å². The van der Waals surface area contributed by atoms with Gasteiger partial charge in [0.05, 0.1) is 6.61 Å². The third kappa shape index (κ3) is 4.07. The van der Waals surface area contributed by atoms with E-state index in [0.717, 1.165) is 5.75 Å². The molecule has 6 heteroatoms. The SMILES string of the molecule is CCOc1ccc(OCc2c(C=O)nnn2CC(C)C)cc1. The van der Waals surface area contributed by atoms with Crippen molar-refractivity contribution >= 4 is 6.29 Å². The largest absolute Gasteiger partial charge is 0.494 e. The predicted molar refractivity (Wildman–Crippen MR) is 82.2 cm³/mol. The standard InChI is InChI=1S/C16H21N3O3/c1-4-21-13-5-7-14(8-6-13)22-11-16-15(10-20)17-18-19(16)9-12(2)3/h5-8,10,12H,4,9,11H2,1-3H3. The van der Waals surface area contributed by atoms with Crippen LogP contribution in [0.15, 0.2) is 24.3 Å². The molecule has 22 heavy (non-hydrogen) atoms. The number of nitrogens with zero attached hydrogens (tertiary/aromatic N) is 3. The number of carbonyl (C=O) groups is 1. The highest BCUT2D eigenvalue weighted by Gasteiger charge is 2.14. The first-order valence-corrected chi connectivity index (χ1v) is 7.37. The second-order valence-corrected chi connectivity index (χ2v) is 5.31. The molecule has 0 atom stereocenters. The summed E-state index contributed by atoms with van der Waals surface area (Å²) in [7, 11) is 0. The van der Waals surface area contributed by atoms with E-state index >= 15 is 0 Å². The van der Waals surface area contributed by atoms with Gasteiger partial charge in [-0.05, 0) is 37.1 Å². The molecule has 1 heterocycles. The molecule has 1 aromatic heterocycles. The summed E-state index contributed by atoms with van der Waals surface area (Å²) in [5, 5.41) is 7.90. The van der Waals surface area contributed by atoms with Gasteiger partial charge >= 0.3 is 0 Å². The Hall–Kier alpha value is -2.37. The maximum atomic E-state index is 11.1.